The Hall–Kier alpha value is -1.34. The molecule has 0 radical (unpaired) electrons. The van der Waals surface area contributed by atoms with Crippen molar-refractivity contribution >= 4 is 32.2 Å². The molecule has 1 heterocycles. The van der Waals surface area contributed by atoms with E-state index in [4.69, 9.17) is 0 Å². The molecular weight excluding hydrogens is 200 g/mol. The van der Waals surface area contributed by atoms with Crippen LogP contribution in [0.15, 0.2) is 36.4 Å². The summed E-state index contributed by atoms with van der Waals surface area (Å²) in [7, 11) is 0. The molecule has 0 spiro atoms. The normalized spacial score (nSPS) is 11.3. The van der Waals surface area contributed by atoms with Crippen LogP contribution in [-0.4, -0.2) is 0 Å². The highest BCUT2D eigenvalue weighted by Crippen LogP contribution is 2.33. The summed E-state index contributed by atoms with van der Waals surface area (Å²) in [5, 5.41) is 4.15. The van der Waals surface area contributed by atoms with Gasteiger partial charge in [-0.05, 0) is 36.2 Å². The molecule has 0 aliphatic carbocycles. The molecule has 1 aromatic heterocycles. The zero-order valence-electron chi connectivity index (χ0n) is 8.87. The van der Waals surface area contributed by atoms with E-state index in [1.165, 1.54) is 31.3 Å². The molecule has 15 heavy (non-hydrogen) atoms. The number of hydrogen-bond donors (Lipinski definition) is 0. The predicted octanol–water partition coefficient (Wildman–Crippen LogP) is 4.67. The van der Waals surface area contributed by atoms with E-state index in [0.29, 0.717) is 0 Å². The van der Waals surface area contributed by atoms with Crippen molar-refractivity contribution in [2.75, 3.05) is 0 Å². The van der Waals surface area contributed by atoms with Crippen molar-refractivity contribution in [1.82, 2.24) is 0 Å². The third-order valence-corrected chi connectivity index (χ3v) is 3.94. The van der Waals surface area contributed by atoms with Gasteiger partial charge in [0.2, 0.25) is 0 Å². The Morgan fingerprint density at radius 2 is 1.73 bits per heavy atom. The molecule has 0 saturated heterocycles. The molecule has 2 aromatic carbocycles. The number of rotatable bonds is 0. The summed E-state index contributed by atoms with van der Waals surface area (Å²) >= 11 is 1.90. The zero-order valence-corrected chi connectivity index (χ0v) is 9.69. The average molecular weight is 212 g/mol. The first-order valence-electron chi connectivity index (χ1n) is 5.14. The van der Waals surface area contributed by atoms with Gasteiger partial charge in [0.05, 0.1) is 0 Å². The van der Waals surface area contributed by atoms with Gasteiger partial charge in [-0.3, -0.25) is 0 Å². The number of thiophene rings is 1. The molecule has 3 aromatic rings. The van der Waals surface area contributed by atoms with E-state index in [1.807, 2.05) is 11.3 Å². The van der Waals surface area contributed by atoms with Gasteiger partial charge in [-0.15, -0.1) is 11.3 Å². The lowest BCUT2D eigenvalue weighted by atomic mass is 10.0. The van der Waals surface area contributed by atoms with Crippen molar-refractivity contribution in [2.45, 2.75) is 13.8 Å². The van der Waals surface area contributed by atoms with Crippen molar-refractivity contribution < 1.29 is 0 Å². The summed E-state index contributed by atoms with van der Waals surface area (Å²) in [6.07, 6.45) is 0. The minimum atomic E-state index is 1.35. The van der Waals surface area contributed by atoms with Gasteiger partial charge in [0.1, 0.15) is 0 Å². The quantitative estimate of drug-likeness (QED) is 0.508. The van der Waals surface area contributed by atoms with E-state index in [9.17, 15) is 0 Å². The Morgan fingerprint density at radius 3 is 2.60 bits per heavy atom. The Labute approximate surface area is 93.2 Å². The number of fused-ring (bicyclic) bond motifs is 3. The minimum absolute atomic E-state index is 1.35. The van der Waals surface area contributed by atoms with Crippen molar-refractivity contribution in [1.29, 1.82) is 0 Å². The Bertz CT molecular complexity index is 647. The lowest BCUT2D eigenvalue weighted by Gasteiger charge is -2.02. The summed E-state index contributed by atoms with van der Waals surface area (Å²) in [5.41, 5.74) is 1.37. The van der Waals surface area contributed by atoms with Gasteiger partial charge in [0.25, 0.3) is 0 Å². The molecule has 3 rings (SSSR count). The maximum Gasteiger partial charge on any atom is 0.0426 e. The van der Waals surface area contributed by atoms with Crippen LogP contribution in [-0.2, 0) is 0 Å². The van der Waals surface area contributed by atoms with Crippen LogP contribution in [0.2, 0.25) is 0 Å². The largest absolute Gasteiger partial charge is 0.140 e. The van der Waals surface area contributed by atoms with Crippen molar-refractivity contribution in [3.63, 3.8) is 0 Å². The van der Waals surface area contributed by atoms with Crippen molar-refractivity contribution in [3.05, 3.63) is 46.8 Å². The molecule has 0 fully saturated rings. The van der Waals surface area contributed by atoms with Gasteiger partial charge in [-0.2, -0.15) is 0 Å². The highest BCUT2D eigenvalue weighted by Gasteiger charge is 2.05. The van der Waals surface area contributed by atoms with Crippen molar-refractivity contribution in [3.8, 4) is 0 Å². The van der Waals surface area contributed by atoms with Crippen LogP contribution in [0, 0.1) is 13.8 Å². The molecule has 1 heteroatoms. The van der Waals surface area contributed by atoms with Gasteiger partial charge >= 0.3 is 0 Å². The maximum absolute atomic E-state index is 2.27. The van der Waals surface area contributed by atoms with E-state index < -0.39 is 0 Å². The van der Waals surface area contributed by atoms with Crippen LogP contribution in [0.4, 0.5) is 0 Å². The first-order chi connectivity index (χ1) is 7.25. The molecule has 0 amide bonds. The third kappa shape index (κ3) is 1.27. The van der Waals surface area contributed by atoms with Crippen LogP contribution in [0.1, 0.15) is 10.4 Å². The molecule has 0 atom stereocenters. The highest BCUT2D eigenvalue weighted by atomic mass is 32.1. The van der Waals surface area contributed by atoms with Gasteiger partial charge < -0.3 is 0 Å². The summed E-state index contributed by atoms with van der Waals surface area (Å²) in [5.74, 6) is 0. The molecular formula is C14H12S. The summed E-state index contributed by atoms with van der Waals surface area (Å²) < 4.78 is 1.43. The Kier molecular flexibility index (Phi) is 1.83. The molecule has 0 aliphatic heterocycles. The molecule has 0 unspecified atom stereocenters. The fourth-order valence-electron chi connectivity index (χ4n) is 2.17. The number of hydrogen-bond acceptors (Lipinski definition) is 1. The molecule has 74 valence electrons. The third-order valence-electron chi connectivity index (χ3n) is 2.86. The zero-order chi connectivity index (χ0) is 10.4. The first kappa shape index (κ1) is 8.93. The highest BCUT2D eigenvalue weighted by molar-refractivity contribution is 7.20. The van der Waals surface area contributed by atoms with Crippen LogP contribution in [0.5, 0.6) is 0 Å². The molecule has 0 bridgehead atoms. The second kappa shape index (κ2) is 3.07. The lowest BCUT2D eigenvalue weighted by Crippen LogP contribution is -1.77. The summed E-state index contributed by atoms with van der Waals surface area (Å²) in [6, 6.07) is 13.2. The van der Waals surface area contributed by atoms with Crippen LogP contribution in [0.3, 0.4) is 0 Å². The second-order valence-electron chi connectivity index (χ2n) is 4.01. The standard InChI is InChI=1S/C14H12S/c1-9-4-3-5-11-6-7-12-8-10(2)15-14(12)13(9)11/h3-8H,1-2H3. The van der Waals surface area contributed by atoms with Crippen LogP contribution in [0.25, 0.3) is 20.9 Å². The summed E-state index contributed by atoms with van der Waals surface area (Å²) in [4.78, 5) is 1.39. The Morgan fingerprint density at radius 1 is 0.933 bits per heavy atom. The Balaban J connectivity index is 2.62. The second-order valence-corrected chi connectivity index (χ2v) is 5.27. The van der Waals surface area contributed by atoms with Crippen LogP contribution < -0.4 is 0 Å². The fraction of sp³-hybridized carbons (Fsp3) is 0.143. The molecule has 0 N–H and O–H groups in total. The van der Waals surface area contributed by atoms with E-state index in [1.54, 1.807) is 0 Å². The van der Waals surface area contributed by atoms with E-state index in [0.717, 1.165) is 0 Å². The topological polar surface area (TPSA) is 0 Å². The van der Waals surface area contributed by atoms with E-state index in [-0.39, 0.29) is 0 Å². The van der Waals surface area contributed by atoms with Gasteiger partial charge in [0.15, 0.2) is 0 Å². The number of benzene rings is 2. The SMILES string of the molecule is Cc1cc2ccc3cccc(C)c3c2s1. The smallest absolute Gasteiger partial charge is 0.0426 e. The average Bonchev–Trinajstić information content (AvgIpc) is 2.58. The van der Waals surface area contributed by atoms with Crippen molar-refractivity contribution in [2.24, 2.45) is 0 Å². The minimum Gasteiger partial charge on any atom is -0.140 e. The molecule has 0 nitrogen and oxygen atoms in total. The van der Waals surface area contributed by atoms with Crippen LogP contribution >= 0.6 is 11.3 Å². The fourth-order valence-corrected chi connectivity index (χ4v) is 3.31. The number of aryl methyl sites for hydroxylation is 2. The molecule has 0 aliphatic rings. The van der Waals surface area contributed by atoms with E-state index in [2.05, 4.69) is 50.2 Å². The monoisotopic (exact) mass is 212 g/mol. The summed E-state index contributed by atoms with van der Waals surface area (Å²) in [6.45, 7) is 4.37. The molecule has 0 saturated carbocycles. The van der Waals surface area contributed by atoms with Gasteiger partial charge in [0, 0.05) is 15.0 Å². The van der Waals surface area contributed by atoms with E-state index >= 15 is 0 Å². The first-order valence-corrected chi connectivity index (χ1v) is 5.96. The lowest BCUT2D eigenvalue weighted by molar-refractivity contribution is 1.55. The van der Waals surface area contributed by atoms with Gasteiger partial charge in [-0.25, -0.2) is 0 Å². The van der Waals surface area contributed by atoms with Gasteiger partial charge in [-0.1, -0.05) is 30.3 Å². The predicted molar refractivity (Wildman–Crippen MR) is 68.8 cm³/mol. The maximum atomic E-state index is 2.27.